The van der Waals surface area contributed by atoms with Gasteiger partial charge in [0.05, 0.1) is 10.5 Å². The Balaban J connectivity index is 1.93. The third kappa shape index (κ3) is 5.34. The summed E-state index contributed by atoms with van der Waals surface area (Å²) < 4.78 is 40.3. The van der Waals surface area contributed by atoms with Crippen molar-refractivity contribution in [2.24, 2.45) is 5.14 Å². The van der Waals surface area contributed by atoms with E-state index in [1.807, 2.05) is 0 Å². The van der Waals surface area contributed by atoms with E-state index in [4.69, 9.17) is 9.88 Å². The van der Waals surface area contributed by atoms with E-state index in [1.54, 1.807) is 0 Å². The van der Waals surface area contributed by atoms with Gasteiger partial charge in [-0.25, -0.2) is 22.7 Å². The molecule has 2 aromatic rings. The number of rotatable bonds is 5. The molecular formula is C15H12BrFN2O5S. The molecule has 0 fully saturated rings. The number of carbonyl (C=O) groups is 2. The van der Waals surface area contributed by atoms with Crippen LogP contribution in [0.1, 0.15) is 10.4 Å². The van der Waals surface area contributed by atoms with Gasteiger partial charge in [-0.1, -0.05) is 0 Å². The van der Waals surface area contributed by atoms with Crippen molar-refractivity contribution in [3.8, 4) is 0 Å². The molecule has 0 spiro atoms. The molecule has 0 saturated heterocycles. The number of benzene rings is 2. The minimum absolute atomic E-state index is 0.0757. The Labute approximate surface area is 151 Å². The molecule has 0 unspecified atom stereocenters. The first-order valence-corrected chi connectivity index (χ1v) is 9.05. The smallest absolute Gasteiger partial charge is 0.339 e. The number of hydrogen-bond donors (Lipinski definition) is 2. The van der Waals surface area contributed by atoms with Gasteiger partial charge in [0.2, 0.25) is 10.0 Å². The van der Waals surface area contributed by atoms with E-state index < -0.39 is 34.3 Å². The second kappa shape index (κ2) is 7.72. The van der Waals surface area contributed by atoms with Crippen molar-refractivity contribution in [1.29, 1.82) is 0 Å². The van der Waals surface area contributed by atoms with Crippen LogP contribution in [-0.2, 0) is 19.6 Å². The van der Waals surface area contributed by atoms with Crippen LogP contribution < -0.4 is 10.5 Å². The van der Waals surface area contributed by atoms with E-state index in [9.17, 15) is 22.4 Å². The summed E-state index contributed by atoms with van der Waals surface area (Å²) in [6.07, 6.45) is 0. The molecule has 2 rings (SSSR count). The van der Waals surface area contributed by atoms with Gasteiger partial charge >= 0.3 is 5.97 Å². The summed E-state index contributed by atoms with van der Waals surface area (Å²) in [5.74, 6) is -1.95. The van der Waals surface area contributed by atoms with Crippen LogP contribution in [0.5, 0.6) is 0 Å². The Morgan fingerprint density at radius 1 is 1.16 bits per heavy atom. The first-order chi connectivity index (χ1) is 11.7. The Morgan fingerprint density at radius 2 is 1.80 bits per heavy atom. The maximum Gasteiger partial charge on any atom is 0.339 e. The fourth-order valence-corrected chi connectivity index (χ4v) is 2.82. The number of sulfonamides is 1. The molecular weight excluding hydrogens is 419 g/mol. The Kier molecular flexibility index (Phi) is 5.88. The van der Waals surface area contributed by atoms with Gasteiger partial charge in [-0.3, -0.25) is 4.79 Å². The largest absolute Gasteiger partial charge is 0.452 e. The lowest BCUT2D eigenvalue weighted by molar-refractivity contribution is -0.119. The normalized spacial score (nSPS) is 11.0. The zero-order chi connectivity index (χ0) is 18.6. The average molecular weight is 431 g/mol. The van der Waals surface area contributed by atoms with E-state index in [0.717, 1.165) is 12.1 Å². The number of halogens is 2. The Bertz CT molecular complexity index is 916. The number of primary sulfonamides is 1. The number of anilines is 1. The zero-order valence-corrected chi connectivity index (χ0v) is 14.9. The molecule has 3 N–H and O–H groups in total. The number of esters is 1. The van der Waals surface area contributed by atoms with Crippen LogP contribution in [0.2, 0.25) is 0 Å². The van der Waals surface area contributed by atoms with Crippen molar-refractivity contribution < 1.29 is 27.1 Å². The highest BCUT2D eigenvalue weighted by atomic mass is 79.9. The molecule has 0 atom stereocenters. The van der Waals surface area contributed by atoms with Crippen LogP contribution in [0, 0.1) is 5.82 Å². The highest BCUT2D eigenvalue weighted by molar-refractivity contribution is 9.10. The molecule has 0 aliphatic carbocycles. The van der Waals surface area contributed by atoms with Crippen LogP contribution in [-0.4, -0.2) is 26.9 Å². The fourth-order valence-electron chi connectivity index (χ4n) is 1.79. The van der Waals surface area contributed by atoms with Gasteiger partial charge in [-0.05, 0) is 58.4 Å². The molecule has 7 nitrogen and oxygen atoms in total. The quantitative estimate of drug-likeness (QED) is 0.703. The third-order valence-electron chi connectivity index (χ3n) is 2.95. The fraction of sp³-hybridized carbons (Fsp3) is 0.0667. The van der Waals surface area contributed by atoms with E-state index >= 15 is 0 Å². The van der Waals surface area contributed by atoms with Crippen molar-refractivity contribution in [3.05, 3.63) is 58.3 Å². The minimum Gasteiger partial charge on any atom is -0.452 e. The molecule has 25 heavy (non-hydrogen) atoms. The highest BCUT2D eigenvalue weighted by Gasteiger charge is 2.14. The maximum absolute atomic E-state index is 13.0. The van der Waals surface area contributed by atoms with Gasteiger partial charge in [0.1, 0.15) is 5.82 Å². The molecule has 1 amide bonds. The maximum atomic E-state index is 13.0. The van der Waals surface area contributed by atoms with Gasteiger partial charge in [0.25, 0.3) is 5.91 Å². The van der Waals surface area contributed by atoms with Crippen LogP contribution >= 0.6 is 15.9 Å². The van der Waals surface area contributed by atoms with Gasteiger partial charge in [0, 0.05) is 10.2 Å². The molecule has 0 saturated carbocycles. The summed E-state index contributed by atoms with van der Waals surface area (Å²) in [6, 6.07) is 8.56. The first-order valence-electron chi connectivity index (χ1n) is 6.72. The molecule has 0 heterocycles. The van der Waals surface area contributed by atoms with E-state index in [1.165, 1.54) is 30.3 Å². The summed E-state index contributed by atoms with van der Waals surface area (Å²) in [5.41, 5.74) is 0.378. The topological polar surface area (TPSA) is 116 Å². The van der Waals surface area contributed by atoms with Gasteiger partial charge < -0.3 is 10.1 Å². The molecule has 0 radical (unpaired) electrons. The van der Waals surface area contributed by atoms with Crippen LogP contribution in [0.3, 0.4) is 0 Å². The number of ether oxygens (including phenoxy) is 1. The van der Waals surface area contributed by atoms with E-state index in [0.29, 0.717) is 5.69 Å². The van der Waals surface area contributed by atoms with Crippen molar-refractivity contribution in [2.45, 2.75) is 4.90 Å². The van der Waals surface area contributed by atoms with Crippen molar-refractivity contribution >= 4 is 43.5 Å². The van der Waals surface area contributed by atoms with Gasteiger partial charge in [-0.15, -0.1) is 0 Å². The number of carbonyl (C=O) groups excluding carboxylic acids is 2. The molecule has 2 aromatic carbocycles. The molecule has 10 heteroatoms. The van der Waals surface area contributed by atoms with Gasteiger partial charge in [0.15, 0.2) is 6.61 Å². The Morgan fingerprint density at radius 3 is 2.36 bits per heavy atom. The number of hydrogen-bond acceptors (Lipinski definition) is 5. The number of nitrogens with one attached hydrogen (secondary N) is 1. The average Bonchev–Trinajstić information content (AvgIpc) is 2.52. The van der Waals surface area contributed by atoms with Crippen molar-refractivity contribution in [3.63, 3.8) is 0 Å². The van der Waals surface area contributed by atoms with Crippen molar-refractivity contribution in [2.75, 3.05) is 11.9 Å². The standard InChI is InChI=1S/C15H12BrFN2O5S/c16-13-7-9(17)1-6-12(13)15(21)24-8-14(20)19-10-2-4-11(5-3-10)25(18,22)23/h1-7H,8H2,(H,19,20)(H2,18,22,23). The molecule has 0 aliphatic rings. The second-order valence-corrected chi connectivity index (χ2v) is 7.23. The number of amides is 1. The summed E-state index contributed by atoms with van der Waals surface area (Å²) in [7, 11) is -3.82. The predicted molar refractivity (Wildman–Crippen MR) is 90.8 cm³/mol. The van der Waals surface area contributed by atoms with E-state index in [-0.39, 0.29) is 14.9 Å². The van der Waals surface area contributed by atoms with Gasteiger partial charge in [-0.2, -0.15) is 0 Å². The zero-order valence-electron chi connectivity index (χ0n) is 12.5. The highest BCUT2D eigenvalue weighted by Crippen LogP contribution is 2.19. The van der Waals surface area contributed by atoms with Crippen LogP contribution in [0.4, 0.5) is 10.1 Å². The number of nitrogens with two attached hydrogens (primary N) is 1. The van der Waals surface area contributed by atoms with Crippen LogP contribution in [0.15, 0.2) is 51.8 Å². The summed E-state index contributed by atoms with van der Waals surface area (Å²) in [4.78, 5) is 23.5. The van der Waals surface area contributed by atoms with E-state index in [2.05, 4.69) is 21.2 Å². The summed E-state index contributed by atoms with van der Waals surface area (Å²) in [5, 5.41) is 7.39. The Hall–Kier alpha value is -2.30. The lowest BCUT2D eigenvalue weighted by Gasteiger charge is -2.08. The molecule has 0 aromatic heterocycles. The third-order valence-corrected chi connectivity index (χ3v) is 4.54. The SMILES string of the molecule is NS(=O)(=O)c1ccc(NC(=O)COC(=O)c2ccc(F)cc2Br)cc1. The lowest BCUT2D eigenvalue weighted by Crippen LogP contribution is -2.21. The monoisotopic (exact) mass is 430 g/mol. The summed E-state index contributed by atoms with van der Waals surface area (Å²) in [6.45, 7) is -0.570. The predicted octanol–water partition coefficient (Wildman–Crippen LogP) is 2.03. The van der Waals surface area contributed by atoms with Crippen LogP contribution in [0.25, 0.3) is 0 Å². The lowest BCUT2D eigenvalue weighted by atomic mass is 10.2. The first kappa shape index (κ1) is 19.0. The molecule has 0 aliphatic heterocycles. The molecule has 0 bridgehead atoms. The molecule has 132 valence electrons. The minimum atomic E-state index is -3.82. The van der Waals surface area contributed by atoms with Crippen molar-refractivity contribution in [1.82, 2.24) is 0 Å². The summed E-state index contributed by atoms with van der Waals surface area (Å²) >= 11 is 3.03. The second-order valence-electron chi connectivity index (χ2n) is 4.82.